The topological polar surface area (TPSA) is 44.5 Å². The summed E-state index contributed by atoms with van der Waals surface area (Å²) in [7, 11) is 0. The number of hydrogen-bond donors (Lipinski definition) is 1. The molecule has 2 unspecified atom stereocenters. The second-order valence-electron chi connectivity index (χ2n) is 5.21. The van der Waals surface area contributed by atoms with Gasteiger partial charge in [-0.2, -0.15) is 0 Å². The zero-order valence-electron chi connectivity index (χ0n) is 12.0. The normalized spacial score (nSPS) is 25.1. The molecule has 0 amide bonds. The van der Waals surface area contributed by atoms with E-state index in [1.165, 1.54) is 0 Å². The Morgan fingerprint density at radius 2 is 1.86 bits per heavy atom. The fourth-order valence-corrected chi connectivity index (χ4v) is 3.35. The van der Waals surface area contributed by atoms with Gasteiger partial charge in [-0.25, -0.2) is 0 Å². The molecule has 2 N–H and O–H groups in total. The Kier molecular flexibility index (Phi) is 4.19. The van der Waals surface area contributed by atoms with E-state index in [9.17, 15) is 0 Å². The molecular weight excluding hydrogens is 282 g/mol. The van der Waals surface area contributed by atoms with Crippen molar-refractivity contribution < 1.29 is 9.47 Å². The van der Waals surface area contributed by atoms with Crippen molar-refractivity contribution in [3.63, 3.8) is 0 Å². The average molecular weight is 301 g/mol. The lowest BCUT2D eigenvalue weighted by Crippen LogP contribution is -2.24. The smallest absolute Gasteiger partial charge is 0.192 e. The molecule has 0 radical (unpaired) electrons. The van der Waals surface area contributed by atoms with Crippen LogP contribution in [-0.4, -0.2) is 18.5 Å². The zero-order valence-corrected chi connectivity index (χ0v) is 12.8. The Morgan fingerprint density at radius 1 is 1.14 bits per heavy atom. The molecule has 2 atom stereocenters. The third-order valence-electron chi connectivity index (χ3n) is 3.58. The van der Waals surface area contributed by atoms with E-state index in [-0.39, 0.29) is 6.10 Å². The summed E-state index contributed by atoms with van der Waals surface area (Å²) in [4.78, 5) is 1.09. The quantitative estimate of drug-likeness (QED) is 0.691. The number of rotatable bonds is 4. The number of nitrogens with two attached hydrogens (primary N) is 1. The van der Waals surface area contributed by atoms with Crippen molar-refractivity contribution in [2.45, 2.75) is 23.7 Å². The van der Waals surface area contributed by atoms with Gasteiger partial charge in [-0.15, -0.1) is 11.8 Å². The van der Waals surface area contributed by atoms with Crippen molar-refractivity contribution in [1.82, 2.24) is 0 Å². The van der Waals surface area contributed by atoms with Crippen LogP contribution in [0.15, 0.2) is 59.5 Å². The molecule has 1 aliphatic rings. The van der Waals surface area contributed by atoms with E-state index >= 15 is 0 Å². The SMILES string of the molecule is CC1(c2ccccc2)OCC(CSc2ccccc2N)O1. The number of nitrogen functional groups attached to an aromatic ring is 1. The number of thioether (sulfide) groups is 1. The molecule has 110 valence electrons. The molecule has 2 aromatic carbocycles. The van der Waals surface area contributed by atoms with Gasteiger partial charge in [-0.3, -0.25) is 0 Å². The first-order valence-electron chi connectivity index (χ1n) is 7.02. The fraction of sp³-hybridized carbons (Fsp3) is 0.294. The molecule has 0 bridgehead atoms. The summed E-state index contributed by atoms with van der Waals surface area (Å²) < 4.78 is 12.0. The van der Waals surface area contributed by atoms with E-state index in [4.69, 9.17) is 15.2 Å². The maximum absolute atomic E-state index is 6.11. The Morgan fingerprint density at radius 3 is 2.62 bits per heavy atom. The predicted molar refractivity (Wildman–Crippen MR) is 86.2 cm³/mol. The third-order valence-corrected chi connectivity index (χ3v) is 4.80. The molecule has 0 aliphatic carbocycles. The highest BCUT2D eigenvalue weighted by Crippen LogP contribution is 2.36. The van der Waals surface area contributed by atoms with Crippen LogP contribution in [0.5, 0.6) is 0 Å². The van der Waals surface area contributed by atoms with Crippen LogP contribution in [-0.2, 0) is 15.3 Å². The first-order valence-corrected chi connectivity index (χ1v) is 8.00. The molecule has 1 aliphatic heterocycles. The van der Waals surface area contributed by atoms with Gasteiger partial charge in [0.25, 0.3) is 0 Å². The van der Waals surface area contributed by atoms with Crippen LogP contribution in [0.25, 0.3) is 0 Å². The largest absolute Gasteiger partial charge is 0.398 e. The zero-order chi connectivity index (χ0) is 14.7. The van der Waals surface area contributed by atoms with Crippen LogP contribution in [0.3, 0.4) is 0 Å². The van der Waals surface area contributed by atoms with E-state index in [0.717, 1.165) is 21.9 Å². The van der Waals surface area contributed by atoms with Crippen LogP contribution >= 0.6 is 11.8 Å². The Balaban J connectivity index is 1.61. The maximum atomic E-state index is 6.11. The third kappa shape index (κ3) is 3.23. The van der Waals surface area contributed by atoms with Gasteiger partial charge in [-0.1, -0.05) is 42.5 Å². The van der Waals surface area contributed by atoms with Crippen LogP contribution in [0.4, 0.5) is 5.69 Å². The van der Waals surface area contributed by atoms with Crippen molar-refractivity contribution in [2.75, 3.05) is 18.1 Å². The minimum atomic E-state index is -0.644. The molecule has 0 aromatic heterocycles. The molecule has 3 nitrogen and oxygen atoms in total. The maximum Gasteiger partial charge on any atom is 0.192 e. The lowest BCUT2D eigenvalue weighted by molar-refractivity contribution is -0.159. The van der Waals surface area contributed by atoms with Crippen molar-refractivity contribution in [2.24, 2.45) is 0 Å². The minimum absolute atomic E-state index is 0.0693. The predicted octanol–water partition coefficient (Wildman–Crippen LogP) is 3.65. The monoisotopic (exact) mass is 301 g/mol. The van der Waals surface area contributed by atoms with Crippen LogP contribution in [0.1, 0.15) is 12.5 Å². The van der Waals surface area contributed by atoms with Crippen molar-refractivity contribution in [3.05, 3.63) is 60.2 Å². The van der Waals surface area contributed by atoms with Crippen LogP contribution in [0.2, 0.25) is 0 Å². The second kappa shape index (κ2) is 6.10. The van der Waals surface area contributed by atoms with E-state index in [1.54, 1.807) is 11.8 Å². The number of anilines is 1. The number of para-hydroxylation sites is 1. The van der Waals surface area contributed by atoms with Gasteiger partial charge in [-0.05, 0) is 19.1 Å². The van der Waals surface area contributed by atoms with Crippen LogP contribution < -0.4 is 5.73 Å². The van der Waals surface area contributed by atoms with Crippen molar-refractivity contribution in [1.29, 1.82) is 0 Å². The Bertz CT molecular complexity index is 605. The number of ether oxygens (including phenoxy) is 2. The summed E-state index contributed by atoms with van der Waals surface area (Å²) >= 11 is 1.71. The van der Waals surface area contributed by atoms with E-state index in [0.29, 0.717) is 6.61 Å². The molecule has 1 fully saturated rings. The Hall–Kier alpha value is -1.49. The minimum Gasteiger partial charge on any atom is -0.398 e. The van der Waals surface area contributed by atoms with Gasteiger partial charge < -0.3 is 15.2 Å². The summed E-state index contributed by atoms with van der Waals surface area (Å²) in [6.07, 6.45) is 0.0693. The lowest BCUT2D eigenvalue weighted by atomic mass is 10.1. The van der Waals surface area contributed by atoms with E-state index < -0.39 is 5.79 Å². The second-order valence-corrected chi connectivity index (χ2v) is 6.27. The van der Waals surface area contributed by atoms with Crippen molar-refractivity contribution in [3.8, 4) is 0 Å². The molecule has 3 rings (SSSR count). The van der Waals surface area contributed by atoms with Crippen molar-refractivity contribution >= 4 is 17.4 Å². The van der Waals surface area contributed by atoms with Gasteiger partial charge in [0.05, 0.1) is 12.7 Å². The number of hydrogen-bond acceptors (Lipinski definition) is 4. The number of benzene rings is 2. The molecule has 2 aromatic rings. The standard InChI is InChI=1S/C17H19NO2S/c1-17(13-7-3-2-4-8-13)19-11-14(20-17)12-21-16-10-6-5-9-15(16)18/h2-10,14H,11-12,18H2,1H3. The van der Waals surface area contributed by atoms with Gasteiger partial charge in [0.1, 0.15) is 0 Å². The van der Waals surface area contributed by atoms with E-state index in [2.05, 4.69) is 0 Å². The summed E-state index contributed by atoms with van der Waals surface area (Å²) in [6.45, 7) is 2.58. The van der Waals surface area contributed by atoms with Crippen LogP contribution in [0, 0.1) is 0 Å². The summed E-state index contributed by atoms with van der Waals surface area (Å²) in [6, 6.07) is 18.0. The summed E-state index contributed by atoms with van der Waals surface area (Å²) in [5, 5.41) is 0. The lowest BCUT2D eigenvalue weighted by Gasteiger charge is -2.23. The highest BCUT2D eigenvalue weighted by molar-refractivity contribution is 7.99. The molecule has 4 heteroatoms. The van der Waals surface area contributed by atoms with Gasteiger partial charge >= 0.3 is 0 Å². The highest BCUT2D eigenvalue weighted by Gasteiger charge is 2.38. The fourth-order valence-electron chi connectivity index (χ4n) is 2.41. The van der Waals surface area contributed by atoms with Gasteiger partial charge in [0.15, 0.2) is 5.79 Å². The molecule has 1 heterocycles. The molecule has 0 spiro atoms. The van der Waals surface area contributed by atoms with Gasteiger partial charge in [0.2, 0.25) is 0 Å². The molecule has 21 heavy (non-hydrogen) atoms. The Labute approximate surface area is 129 Å². The summed E-state index contributed by atoms with van der Waals surface area (Å²) in [5.74, 6) is 0.186. The summed E-state index contributed by atoms with van der Waals surface area (Å²) in [5.41, 5.74) is 7.82. The van der Waals surface area contributed by atoms with E-state index in [1.807, 2.05) is 61.5 Å². The first kappa shape index (κ1) is 14.4. The molecular formula is C17H19NO2S. The average Bonchev–Trinajstić information content (AvgIpc) is 2.90. The molecule has 1 saturated heterocycles. The van der Waals surface area contributed by atoms with Gasteiger partial charge in [0, 0.05) is 21.9 Å². The highest BCUT2D eigenvalue weighted by atomic mass is 32.2. The first-order chi connectivity index (χ1) is 10.2. The molecule has 0 saturated carbocycles.